The molecule has 0 unspecified atom stereocenters. The molecule has 0 aromatic heterocycles. The molecule has 1 aromatic rings. The fourth-order valence-electron chi connectivity index (χ4n) is 1.49. The molecular formula is C14H21N3. The number of nitrogens with one attached hydrogen (secondary N) is 1. The number of hydrogen-bond acceptors (Lipinski definition) is 1. The highest BCUT2D eigenvalue weighted by Gasteiger charge is 1.97. The lowest BCUT2D eigenvalue weighted by atomic mass is 10.1. The van der Waals surface area contributed by atoms with Crippen LogP contribution in [0, 0.1) is 6.92 Å². The Balaban J connectivity index is 2.35. The van der Waals surface area contributed by atoms with Gasteiger partial charge in [0.15, 0.2) is 5.96 Å². The first kappa shape index (κ1) is 13.3. The van der Waals surface area contributed by atoms with Gasteiger partial charge in [-0.3, -0.25) is 0 Å². The van der Waals surface area contributed by atoms with Gasteiger partial charge in [-0.15, -0.1) is 0 Å². The van der Waals surface area contributed by atoms with E-state index in [1.165, 1.54) is 11.1 Å². The summed E-state index contributed by atoms with van der Waals surface area (Å²) in [5.41, 5.74) is 9.38. The molecular weight excluding hydrogens is 210 g/mol. The number of aryl methyl sites for hydroxylation is 1. The number of hydrogen-bond donors (Lipinski definition) is 2. The van der Waals surface area contributed by atoms with Crippen LogP contribution in [0.1, 0.15) is 18.1 Å². The molecule has 0 aliphatic heterocycles. The lowest BCUT2D eigenvalue weighted by molar-refractivity contribution is 0.848. The first-order valence-electron chi connectivity index (χ1n) is 5.82. The van der Waals surface area contributed by atoms with Crippen molar-refractivity contribution >= 4 is 5.96 Å². The topological polar surface area (TPSA) is 50.4 Å². The minimum absolute atomic E-state index is 0.488. The average Bonchev–Trinajstić information content (AvgIpc) is 2.29. The Hall–Kier alpha value is -1.77. The van der Waals surface area contributed by atoms with E-state index in [1.54, 1.807) is 0 Å². The highest BCUT2D eigenvalue weighted by molar-refractivity contribution is 5.77. The molecule has 0 radical (unpaired) electrons. The van der Waals surface area contributed by atoms with Crippen LogP contribution in [0.25, 0.3) is 0 Å². The van der Waals surface area contributed by atoms with E-state index >= 15 is 0 Å². The zero-order valence-electron chi connectivity index (χ0n) is 10.7. The Morgan fingerprint density at radius 2 is 2.12 bits per heavy atom. The van der Waals surface area contributed by atoms with Gasteiger partial charge in [-0.1, -0.05) is 36.4 Å². The number of guanidine groups is 1. The maximum Gasteiger partial charge on any atom is 0.188 e. The van der Waals surface area contributed by atoms with Gasteiger partial charge in [-0.25, -0.2) is 4.99 Å². The summed E-state index contributed by atoms with van der Waals surface area (Å²) >= 11 is 0. The largest absolute Gasteiger partial charge is 0.370 e. The zero-order valence-corrected chi connectivity index (χ0v) is 10.7. The summed E-state index contributed by atoms with van der Waals surface area (Å²) < 4.78 is 0. The van der Waals surface area contributed by atoms with Gasteiger partial charge in [0.1, 0.15) is 0 Å². The highest BCUT2D eigenvalue weighted by Crippen LogP contribution is 2.06. The lowest BCUT2D eigenvalue weighted by Crippen LogP contribution is -2.33. The third-order valence-corrected chi connectivity index (χ3v) is 2.48. The third kappa shape index (κ3) is 5.20. The Kier molecular flexibility index (Phi) is 5.27. The predicted molar refractivity (Wildman–Crippen MR) is 74.2 cm³/mol. The Morgan fingerprint density at radius 3 is 2.76 bits per heavy atom. The molecule has 0 aliphatic rings. The van der Waals surface area contributed by atoms with Gasteiger partial charge < -0.3 is 11.1 Å². The summed E-state index contributed by atoms with van der Waals surface area (Å²) in [5.74, 6) is 0.488. The van der Waals surface area contributed by atoms with Crippen molar-refractivity contribution in [3.8, 4) is 0 Å². The molecule has 0 spiro atoms. The molecule has 0 fully saturated rings. The normalized spacial score (nSPS) is 11.3. The van der Waals surface area contributed by atoms with Crippen LogP contribution in [-0.2, 0) is 6.42 Å². The van der Waals surface area contributed by atoms with Crippen LogP contribution in [0.5, 0.6) is 0 Å². The molecule has 0 atom stereocenters. The van der Waals surface area contributed by atoms with Crippen LogP contribution >= 0.6 is 0 Å². The summed E-state index contributed by atoms with van der Waals surface area (Å²) in [7, 11) is 0. The van der Waals surface area contributed by atoms with E-state index < -0.39 is 0 Å². The van der Waals surface area contributed by atoms with Gasteiger partial charge in [0.2, 0.25) is 0 Å². The molecule has 0 amide bonds. The van der Waals surface area contributed by atoms with Crippen molar-refractivity contribution in [3.63, 3.8) is 0 Å². The van der Waals surface area contributed by atoms with Gasteiger partial charge in [-0.05, 0) is 31.4 Å². The molecule has 3 heteroatoms. The maximum absolute atomic E-state index is 5.72. The van der Waals surface area contributed by atoms with Crippen LogP contribution < -0.4 is 11.1 Å². The number of nitrogens with zero attached hydrogens (tertiary/aromatic N) is 1. The minimum atomic E-state index is 0.488. The second-order valence-corrected chi connectivity index (χ2v) is 4.26. The van der Waals surface area contributed by atoms with E-state index in [1.807, 2.05) is 6.92 Å². The Bertz CT molecular complexity index is 408. The number of benzene rings is 1. The van der Waals surface area contributed by atoms with Gasteiger partial charge >= 0.3 is 0 Å². The Morgan fingerprint density at radius 1 is 1.41 bits per heavy atom. The summed E-state index contributed by atoms with van der Waals surface area (Å²) in [6.07, 6.45) is 0.954. The van der Waals surface area contributed by atoms with Crippen LogP contribution in [0.3, 0.4) is 0 Å². The molecule has 1 rings (SSSR count). The second-order valence-electron chi connectivity index (χ2n) is 4.26. The summed E-state index contributed by atoms with van der Waals surface area (Å²) in [6, 6.07) is 8.36. The first-order valence-corrected chi connectivity index (χ1v) is 5.82. The van der Waals surface area contributed by atoms with Crippen LogP contribution in [0.2, 0.25) is 0 Å². The standard InChI is InChI=1S/C14H21N3/c1-11(2)10-17-14(15)16-9-8-13-7-5-4-6-12(13)3/h4-7H,1,8-10H2,2-3H3,(H3,15,16,17). The SMILES string of the molecule is C=C(C)CN=C(N)NCCc1ccccc1C. The monoisotopic (exact) mass is 231 g/mol. The van der Waals surface area contributed by atoms with E-state index in [0.717, 1.165) is 18.5 Å². The van der Waals surface area contributed by atoms with Crippen LogP contribution in [0.15, 0.2) is 41.4 Å². The third-order valence-electron chi connectivity index (χ3n) is 2.48. The molecule has 1 aromatic carbocycles. The summed E-state index contributed by atoms with van der Waals surface area (Å²) in [4.78, 5) is 4.16. The van der Waals surface area contributed by atoms with Crippen molar-refractivity contribution in [2.24, 2.45) is 10.7 Å². The van der Waals surface area contributed by atoms with E-state index in [2.05, 4.69) is 48.1 Å². The summed E-state index contributed by atoms with van der Waals surface area (Å²) in [6.45, 7) is 9.22. The maximum atomic E-state index is 5.72. The average molecular weight is 231 g/mol. The van der Waals surface area contributed by atoms with E-state index in [9.17, 15) is 0 Å². The van der Waals surface area contributed by atoms with Gasteiger partial charge in [0.25, 0.3) is 0 Å². The molecule has 0 aliphatic carbocycles. The smallest absolute Gasteiger partial charge is 0.188 e. The molecule has 0 heterocycles. The van der Waals surface area contributed by atoms with Gasteiger partial charge in [0.05, 0.1) is 6.54 Å². The van der Waals surface area contributed by atoms with E-state index in [0.29, 0.717) is 12.5 Å². The molecule has 3 N–H and O–H groups in total. The fourth-order valence-corrected chi connectivity index (χ4v) is 1.49. The van der Waals surface area contributed by atoms with Crippen molar-refractivity contribution in [1.82, 2.24) is 5.32 Å². The van der Waals surface area contributed by atoms with Crippen LogP contribution in [-0.4, -0.2) is 19.0 Å². The first-order chi connectivity index (χ1) is 8.09. The molecule has 3 nitrogen and oxygen atoms in total. The van der Waals surface area contributed by atoms with Crippen LogP contribution in [0.4, 0.5) is 0 Å². The van der Waals surface area contributed by atoms with Crippen molar-refractivity contribution in [3.05, 3.63) is 47.5 Å². The predicted octanol–water partition coefficient (Wildman–Crippen LogP) is 2.02. The second kappa shape index (κ2) is 6.74. The van der Waals surface area contributed by atoms with Gasteiger partial charge in [-0.2, -0.15) is 0 Å². The number of rotatable bonds is 5. The molecule has 0 saturated carbocycles. The highest BCUT2D eigenvalue weighted by atomic mass is 15.1. The minimum Gasteiger partial charge on any atom is -0.370 e. The molecule has 92 valence electrons. The quantitative estimate of drug-likeness (QED) is 0.463. The van der Waals surface area contributed by atoms with Crippen molar-refractivity contribution in [1.29, 1.82) is 0 Å². The summed E-state index contributed by atoms with van der Waals surface area (Å²) in [5, 5.41) is 3.10. The van der Waals surface area contributed by atoms with E-state index in [4.69, 9.17) is 5.73 Å². The van der Waals surface area contributed by atoms with Crippen molar-refractivity contribution < 1.29 is 0 Å². The number of nitrogens with two attached hydrogens (primary N) is 1. The van der Waals surface area contributed by atoms with E-state index in [-0.39, 0.29) is 0 Å². The van der Waals surface area contributed by atoms with Crippen molar-refractivity contribution in [2.75, 3.05) is 13.1 Å². The zero-order chi connectivity index (χ0) is 12.7. The molecule has 17 heavy (non-hydrogen) atoms. The fraction of sp³-hybridized carbons (Fsp3) is 0.357. The molecule has 0 bridgehead atoms. The van der Waals surface area contributed by atoms with Crippen molar-refractivity contribution in [2.45, 2.75) is 20.3 Å². The number of aliphatic imine (C=N–C) groups is 1. The lowest BCUT2D eigenvalue weighted by Gasteiger charge is -2.07. The Labute approximate surface area is 103 Å². The molecule has 0 saturated heterocycles. The van der Waals surface area contributed by atoms with Gasteiger partial charge in [0, 0.05) is 6.54 Å².